The number of halogens is 1. The third-order valence-corrected chi connectivity index (χ3v) is 4.33. The number of H-pyrrole nitrogens is 1. The van der Waals surface area contributed by atoms with Gasteiger partial charge in [-0.05, 0) is 35.7 Å². The van der Waals surface area contributed by atoms with E-state index in [1.807, 2.05) is 17.5 Å². The van der Waals surface area contributed by atoms with Gasteiger partial charge in [-0.2, -0.15) is 9.50 Å². The number of fused-ring (bicyclic) bond motifs is 1. The molecular weight excluding hydrogens is 329 g/mol. The normalized spacial score (nSPS) is 11.0. The summed E-state index contributed by atoms with van der Waals surface area (Å²) >= 11 is 1.53. The van der Waals surface area contributed by atoms with E-state index in [2.05, 4.69) is 20.4 Å². The largest absolute Gasteiger partial charge is 0.379 e. The van der Waals surface area contributed by atoms with E-state index in [1.54, 1.807) is 12.1 Å². The summed E-state index contributed by atoms with van der Waals surface area (Å²) in [7, 11) is 0. The molecule has 0 bridgehead atoms. The summed E-state index contributed by atoms with van der Waals surface area (Å²) in [4.78, 5) is 21.9. The molecule has 2 N–H and O–H groups in total. The van der Waals surface area contributed by atoms with Crippen molar-refractivity contribution in [3.8, 4) is 10.7 Å². The Bertz CT molecular complexity index is 1040. The zero-order valence-corrected chi connectivity index (χ0v) is 13.2. The molecule has 24 heavy (non-hydrogen) atoms. The minimum absolute atomic E-state index is 0.230. The lowest BCUT2D eigenvalue weighted by Gasteiger charge is -2.05. The third kappa shape index (κ3) is 2.79. The summed E-state index contributed by atoms with van der Waals surface area (Å²) < 4.78 is 14.2. The van der Waals surface area contributed by atoms with Crippen molar-refractivity contribution in [1.82, 2.24) is 19.6 Å². The lowest BCUT2D eigenvalue weighted by Crippen LogP contribution is -2.17. The summed E-state index contributed by atoms with van der Waals surface area (Å²) in [5.74, 6) is 0.635. The van der Waals surface area contributed by atoms with Crippen molar-refractivity contribution in [3.63, 3.8) is 0 Å². The smallest absolute Gasteiger partial charge is 0.274 e. The zero-order chi connectivity index (χ0) is 16.5. The van der Waals surface area contributed by atoms with Gasteiger partial charge in [0.1, 0.15) is 5.82 Å². The van der Waals surface area contributed by atoms with E-state index in [0.29, 0.717) is 23.8 Å². The van der Waals surface area contributed by atoms with Gasteiger partial charge >= 0.3 is 0 Å². The van der Waals surface area contributed by atoms with Crippen LogP contribution in [-0.2, 0) is 6.54 Å². The molecule has 1 aromatic carbocycles. The molecule has 8 heteroatoms. The number of thiophene rings is 1. The number of aromatic amines is 1. The molecule has 0 unspecified atom stereocenters. The molecule has 4 aromatic rings. The lowest BCUT2D eigenvalue weighted by atomic mass is 10.3. The van der Waals surface area contributed by atoms with Gasteiger partial charge in [0.2, 0.25) is 0 Å². The number of nitrogens with one attached hydrogen (secondary N) is 2. The van der Waals surface area contributed by atoms with Gasteiger partial charge in [0, 0.05) is 11.8 Å². The first-order valence-electron chi connectivity index (χ1n) is 7.21. The molecule has 0 aliphatic rings. The number of benzene rings is 1. The van der Waals surface area contributed by atoms with Crippen molar-refractivity contribution in [3.05, 3.63) is 69.7 Å². The van der Waals surface area contributed by atoms with E-state index in [-0.39, 0.29) is 11.4 Å². The van der Waals surface area contributed by atoms with Gasteiger partial charge in [-0.25, -0.2) is 9.37 Å². The molecule has 0 saturated heterocycles. The van der Waals surface area contributed by atoms with E-state index in [9.17, 15) is 9.18 Å². The number of hydrogen-bond donors (Lipinski definition) is 2. The minimum Gasteiger partial charge on any atom is -0.379 e. The molecule has 4 rings (SSSR count). The van der Waals surface area contributed by atoms with Crippen LogP contribution in [0.1, 0.15) is 5.69 Å². The summed E-state index contributed by atoms with van der Waals surface area (Å²) in [6.45, 7) is 0.346. The van der Waals surface area contributed by atoms with Crippen LogP contribution in [0.15, 0.2) is 52.6 Å². The van der Waals surface area contributed by atoms with E-state index >= 15 is 0 Å². The highest BCUT2D eigenvalue weighted by molar-refractivity contribution is 7.13. The fraction of sp³-hybridized carbons (Fsp3) is 0.0625. The zero-order valence-electron chi connectivity index (χ0n) is 12.4. The molecule has 0 spiro atoms. The first-order chi connectivity index (χ1) is 11.7. The Hall–Kier alpha value is -3.00. The molecule has 0 atom stereocenters. The molecule has 3 aromatic heterocycles. The standard InChI is InChI=1S/C16H12FN5OS/c17-10-3-5-11(6-4-10)18-9-12-8-14(23)22-16(19-12)20-15(21-22)13-2-1-7-24-13/h1-8,18H,9H2,(H,19,20,21). The number of nitrogens with zero attached hydrogens (tertiary/aromatic N) is 3. The Morgan fingerprint density at radius 2 is 2.04 bits per heavy atom. The summed E-state index contributed by atoms with van der Waals surface area (Å²) in [5, 5.41) is 7.99. The van der Waals surface area contributed by atoms with Crippen LogP contribution in [-0.4, -0.2) is 19.6 Å². The highest BCUT2D eigenvalue weighted by Crippen LogP contribution is 2.20. The number of rotatable bonds is 4. The minimum atomic E-state index is -0.295. The molecule has 3 heterocycles. The van der Waals surface area contributed by atoms with Gasteiger partial charge in [-0.1, -0.05) is 6.07 Å². The Balaban J connectivity index is 1.62. The fourth-order valence-corrected chi connectivity index (χ4v) is 2.97. The average Bonchev–Trinajstić information content (AvgIpc) is 3.23. The van der Waals surface area contributed by atoms with Gasteiger partial charge < -0.3 is 5.32 Å². The Kier molecular flexibility index (Phi) is 3.58. The number of hydrogen-bond acceptors (Lipinski definition) is 5. The van der Waals surface area contributed by atoms with Crippen LogP contribution in [0.4, 0.5) is 10.1 Å². The summed E-state index contributed by atoms with van der Waals surface area (Å²) in [6.07, 6.45) is 0. The van der Waals surface area contributed by atoms with Crippen LogP contribution in [0.25, 0.3) is 16.5 Å². The highest BCUT2D eigenvalue weighted by atomic mass is 32.1. The van der Waals surface area contributed by atoms with Crippen molar-refractivity contribution in [2.75, 3.05) is 5.32 Å². The van der Waals surface area contributed by atoms with E-state index in [0.717, 1.165) is 10.6 Å². The third-order valence-electron chi connectivity index (χ3n) is 3.46. The quantitative estimate of drug-likeness (QED) is 0.598. The molecule has 0 amide bonds. The Morgan fingerprint density at radius 1 is 1.21 bits per heavy atom. The monoisotopic (exact) mass is 341 g/mol. The molecule has 0 saturated carbocycles. The van der Waals surface area contributed by atoms with Gasteiger partial charge in [-0.15, -0.1) is 11.3 Å². The average molecular weight is 341 g/mol. The maximum atomic E-state index is 12.9. The van der Waals surface area contributed by atoms with Crippen molar-refractivity contribution in [2.45, 2.75) is 6.54 Å². The second-order valence-electron chi connectivity index (χ2n) is 5.13. The van der Waals surface area contributed by atoms with E-state index in [4.69, 9.17) is 0 Å². The first-order valence-corrected chi connectivity index (χ1v) is 8.09. The van der Waals surface area contributed by atoms with Crippen LogP contribution in [0.2, 0.25) is 0 Å². The van der Waals surface area contributed by atoms with Crippen LogP contribution in [0.3, 0.4) is 0 Å². The van der Waals surface area contributed by atoms with E-state index < -0.39 is 0 Å². The van der Waals surface area contributed by atoms with Gasteiger partial charge in [0.25, 0.3) is 11.3 Å². The highest BCUT2D eigenvalue weighted by Gasteiger charge is 2.10. The Labute approximate surface area is 139 Å². The van der Waals surface area contributed by atoms with Gasteiger partial charge in [0.15, 0.2) is 5.82 Å². The van der Waals surface area contributed by atoms with Crippen LogP contribution in [0.5, 0.6) is 0 Å². The number of aromatic nitrogens is 4. The number of anilines is 1. The van der Waals surface area contributed by atoms with Crippen molar-refractivity contribution in [2.24, 2.45) is 0 Å². The topological polar surface area (TPSA) is 75.1 Å². The van der Waals surface area contributed by atoms with Crippen molar-refractivity contribution in [1.29, 1.82) is 0 Å². The molecule has 6 nitrogen and oxygen atoms in total. The van der Waals surface area contributed by atoms with Gasteiger partial charge in [0.05, 0.1) is 17.1 Å². The van der Waals surface area contributed by atoms with Crippen molar-refractivity contribution >= 4 is 22.8 Å². The fourth-order valence-electron chi connectivity index (χ4n) is 2.30. The van der Waals surface area contributed by atoms with E-state index in [1.165, 1.54) is 34.1 Å². The summed E-state index contributed by atoms with van der Waals surface area (Å²) in [5.41, 5.74) is 1.08. The SMILES string of the molecule is O=c1cc(CNc2ccc(F)cc2)nc2nc(-c3cccs3)[nH]n12. The molecule has 0 aliphatic carbocycles. The molecule has 0 fully saturated rings. The van der Waals surface area contributed by atoms with Gasteiger partial charge in [-0.3, -0.25) is 9.89 Å². The van der Waals surface area contributed by atoms with Crippen LogP contribution >= 0.6 is 11.3 Å². The Morgan fingerprint density at radius 3 is 2.79 bits per heavy atom. The summed E-state index contributed by atoms with van der Waals surface area (Å²) in [6, 6.07) is 11.3. The second kappa shape index (κ2) is 5.89. The van der Waals surface area contributed by atoms with Crippen LogP contribution < -0.4 is 10.9 Å². The maximum absolute atomic E-state index is 12.9. The molecular formula is C16H12FN5OS. The lowest BCUT2D eigenvalue weighted by molar-refractivity contribution is 0.628. The van der Waals surface area contributed by atoms with Crippen molar-refractivity contribution < 1.29 is 4.39 Å². The van der Waals surface area contributed by atoms with Crippen LogP contribution in [0, 0.1) is 5.82 Å². The maximum Gasteiger partial charge on any atom is 0.274 e. The molecule has 0 aliphatic heterocycles. The first kappa shape index (κ1) is 14.6. The predicted octanol–water partition coefficient (Wildman–Crippen LogP) is 2.90. The molecule has 120 valence electrons. The molecule has 0 radical (unpaired) electrons. The predicted molar refractivity (Wildman–Crippen MR) is 90.6 cm³/mol. The second-order valence-corrected chi connectivity index (χ2v) is 6.08.